The summed E-state index contributed by atoms with van der Waals surface area (Å²) in [4.78, 5) is 38.6. The fraction of sp³-hybridized carbons (Fsp3) is 0.500. The summed E-state index contributed by atoms with van der Waals surface area (Å²) in [7, 11) is 0. The summed E-state index contributed by atoms with van der Waals surface area (Å²) in [6, 6.07) is 2.69. The zero-order chi connectivity index (χ0) is 18.2. The van der Waals surface area contributed by atoms with Crippen molar-refractivity contribution in [1.82, 2.24) is 19.9 Å². The first kappa shape index (κ1) is 17.0. The Balaban J connectivity index is 1.80. The average molecular weight is 347 g/mol. The van der Waals surface area contributed by atoms with Gasteiger partial charge in [0.1, 0.15) is 11.6 Å². The molecule has 9 heteroatoms. The van der Waals surface area contributed by atoms with E-state index in [-0.39, 0.29) is 6.54 Å². The van der Waals surface area contributed by atoms with Crippen molar-refractivity contribution >= 4 is 29.2 Å². The summed E-state index contributed by atoms with van der Waals surface area (Å²) in [5, 5.41) is 9.60. The van der Waals surface area contributed by atoms with E-state index in [1.807, 2.05) is 6.07 Å². The van der Waals surface area contributed by atoms with Crippen LogP contribution in [0.3, 0.4) is 0 Å². The third-order valence-corrected chi connectivity index (χ3v) is 3.83. The lowest BCUT2D eigenvalue weighted by molar-refractivity contribution is -0.139. The van der Waals surface area contributed by atoms with Gasteiger partial charge in [-0.3, -0.25) is 0 Å². The van der Waals surface area contributed by atoms with Gasteiger partial charge in [0, 0.05) is 19.3 Å². The van der Waals surface area contributed by atoms with Gasteiger partial charge in [0.25, 0.3) is 0 Å². The fourth-order valence-corrected chi connectivity index (χ4v) is 2.71. The van der Waals surface area contributed by atoms with Crippen LogP contribution in [0.4, 0.5) is 10.7 Å². The molecule has 2 N–H and O–H groups in total. The monoisotopic (exact) mass is 347 g/mol. The van der Waals surface area contributed by atoms with Crippen molar-refractivity contribution in [3.05, 3.63) is 18.3 Å². The second-order valence-electron chi connectivity index (χ2n) is 6.91. The first-order valence-corrected chi connectivity index (χ1v) is 8.03. The summed E-state index contributed by atoms with van der Waals surface area (Å²) in [6.45, 7) is 6.03. The first-order valence-electron chi connectivity index (χ1n) is 8.03. The number of nitrogens with one attached hydrogen (secondary N) is 1. The lowest BCUT2D eigenvalue weighted by atomic mass is 10.1. The highest BCUT2D eigenvalue weighted by Gasteiger charge is 2.37. The predicted molar refractivity (Wildman–Crippen MR) is 90.5 cm³/mol. The molecule has 3 rings (SSSR count). The number of ether oxygens (including phenoxy) is 1. The average Bonchev–Trinajstić information content (AvgIpc) is 2.96. The van der Waals surface area contributed by atoms with E-state index in [4.69, 9.17) is 4.74 Å². The minimum absolute atomic E-state index is 0.0225. The molecule has 134 valence electrons. The number of fused-ring (bicyclic) bond motifs is 1. The summed E-state index contributed by atoms with van der Waals surface area (Å²) in [6.07, 6.45) is 1.12. The Morgan fingerprint density at radius 1 is 1.36 bits per heavy atom. The molecule has 1 amide bonds. The van der Waals surface area contributed by atoms with Crippen molar-refractivity contribution in [3.8, 4) is 0 Å². The van der Waals surface area contributed by atoms with E-state index in [2.05, 4.69) is 15.0 Å². The van der Waals surface area contributed by atoms with Crippen molar-refractivity contribution in [3.63, 3.8) is 0 Å². The molecule has 1 aliphatic heterocycles. The quantitative estimate of drug-likeness (QED) is 0.846. The van der Waals surface area contributed by atoms with Crippen LogP contribution in [0.2, 0.25) is 0 Å². The zero-order valence-electron chi connectivity index (χ0n) is 14.4. The number of aliphatic carboxylic acids is 1. The van der Waals surface area contributed by atoms with Gasteiger partial charge in [-0.15, -0.1) is 0 Å². The lowest BCUT2D eigenvalue weighted by Gasteiger charge is -2.39. The van der Waals surface area contributed by atoms with Gasteiger partial charge in [0.2, 0.25) is 5.95 Å². The van der Waals surface area contributed by atoms with Crippen LogP contribution >= 0.6 is 0 Å². The molecule has 1 aliphatic rings. The molecule has 9 nitrogen and oxygen atoms in total. The van der Waals surface area contributed by atoms with Gasteiger partial charge in [0.15, 0.2) is 5.65 Å². The molecule has 1 fully saturated rings. The van der Waals surface area contributed by atoms with Crippen molar-refractivity contribution in [2.75, 3.05) is 24.5 Å². The second-order valence-corrected chi connectivity index (χ2v) is 6.91. The third kappa shape index (κ3) is 3.65. The van der Waals surface area contributed by atoms with E-state index in [1.54, 1.807) is 37.9 Å². The van der Waals surface area contributed by atoms with Crippen LogP contribution in [0.5, 0.6) is 0 Å². The number of carbonyl (C=O) groups excluding carboxylic acids is 1. The molecule has 0 bridgehead atoms. The van der Waals surface area contributed by atoms with Crippen LogP contribution in [-0.4, -0.2) is 68.3 Å². The molecule has 2 aromatic heterocycles. The molecule has 0 radical (unpaired) electrons. The van der Waals surface area contributed by atoms with E-state index in [9.17, 15) is 14.7 Å². The molecule has 0 aliphatic carbocycles. The summed E-state index contributed by atoms with van der Waals surface area (Å²) in [5.41, 5.74) is 0.629. The number of aromatic nitrogens is 3. The zero-order valence-corrected chi connectivity index (χ0v) is 14.4. The number of nitrogens with zero attached hydrogens (tertiary/aromatic N) is 4. The highest BCUT2D eigenvalue weighted by molar-refractivity contribution is 5.81. The Morgan fingerprint density at radius 3 is 2.76 bits per heavy atom. The molecule has 2 aromatic rings. The van der Waals surface area contributed by atoms with Gasteiger partial charge in [-0.25, -0.2) is 14.6 Å². The normalized spacial score (nSPS) is 18.4. The minimum atomic E-state index is -1.03. The number of aromatic amines is 1. The Kier molecular flexibility index (Phi) is 4.23. The molecule has 0 unspecified atom stereocenters. The standard InChI is InChI=1S/C16H21N5O4/c1-16(2,3)25-15(24)20-7-8-21(11(9-20)13(22)23)14-18-10-5-4-6-17-12(10)19-14/h4-6,11H,7-9H2,1-3H3,(H,22,23)(H,17,18,19)/t11-/m1/s1. The van der Waals surface area contributed by atoms with Crippen LogP contribution in [0.25, 0.3) is 11.2 Å². The Bertz CT molecular complexity index is 764. The highest BCUT2D eigenvalue weighted by Crippen LogP contribution is 2.22. The summed E-state index contributed by atoms with van der Waals surface area (Å²) < 4.78 is 5.34. The maximum atomic E-state index is 12.2. The predicted octanol–water partition coefficient (Wildman–Crippen LogP) is 1.47. The molecular weight excluding hydrogens is 326 g/mol. The third-order valence-electron chi connectivity index (χ3n) is 3.83. The van der Waals surface area contributed by atoms with Gasteiger partial charge >= 0.3 is 12.1 Å². The topological polar surface area (TPSA) is 112 Å². The number of amides is 1. The van der Waals surface area contributed by atoms with Crippen molar-refractivity contribution in [2.24, 2.45) is 0 Å². The Labute approximate surface area is 144 Å². The van der Waals surface area contributed by atoms with Crippen LogP contribution in [0.15, 0.2) is 18.3 Å². The molecule has 0 aromatic carbocycles. The lowest BCUT2D eigenvalue weighted by Crippen LogP contribution is -2.58. The van der Waals surface area contributed by atoms with Crippen LogP contribution in [0, 0.1) is 0 Å². The number of carboxylic acid groups (broad SMARTS) is 1. The molecule has 0 saturated carbocycles. The smallest absolute Gasteiger partial charge is 0.410 e. The van der Waals surface area contributed by atoms with Gasteiger partial charge < -0.3 is 24.6 Å². The minimum Gasteiger partial charge on any atom is -0.480 e. The molecular formula is C16H21N5O4. The number of imidazole rings is 1. The van der Waals surface area contributed by atoms with Crippen LogP contribution < -0.4 is 4.90 Å². The van der Waals surface area contributed by atoms with Gasteiger partial charge in [-0.2, -0.15) is 4.98 Å². The second kappa shape index (κ2) is 6.23. The van der Waals surface area contributed by atoms with Crippen molar-refractivity contribution in [1.29, 1.82) is 0 Å². The molecule has 1 saturated heterocycles. The summed E-state index contributed by atoms with van der Waals surface area (Å²) in [5.74, 6) is -0.591. The van der Waals surface area contributed by atoms with Gasteiger partial charge in [0.05, 0.1) is 12.1 Å². The first-order chi connectivity index (χ1) is 11.7. The molecule has 3 heterocycles. The van der Waals surface area contributed by atoms with E-state index in [0.717, 1.165) is 5.52 Å². The Hall–Kier alpha value is -2.84. The molecule has 1 atom stereocenters. The highest BCUT2D eigenvalue weighted by atomic mass is 16.6. The fourth-order valence-electron chi connectivity index (χ4n) is 2.71. The number of pyridine rings is 1. The number of H-pyrrole nitrogens is 1. The number of hydrogen-bond donors (Lipinski definition) is 2. The largest absolute Gasteiger partial charge is 0.480 e. The number of carboxylic acids is 1. The number of hydrogen-bond acceptors (Lipinski definition) is 6. The van der Waals surface area contributed by atoms with Gasteiger partial charge in [-0.1, -0.05) is 0 Å². The number of carbonyl (C=O) groups is 2. The molecule has 0 spiro atoms. The van der Waals surface area contributed by atoms with Crippen molar-refractivity contribution in [2.45, 2.75) is 32.4 Å². The van der Waals surface area contributed by atoms with Crippen LogP contribution in [0.1, 0.15) is 20.8 Å². The molecule has 25 heavy (non-hydrogen) atoms. The number of piperazine rings is 1. The van der Waals surface area contributed by atoms with E-state index in [0.29, 0.717) is 24.7 Å². The van der Waals surface area contributed by atoms with E-state index in [1.165, 1.54) is 4.90 Å². The van der Waals surface area contributed by atoms with Gasteiger partial charge in [-0.05, 0) is 32.9 Å². The van der Waals surface area contributed by atoms with E-state index >= 15 is 0 Å². The maximum absolute atomic E-state index is 12.2. The number of anilines is 1. The Morgan fingerprint density at radius 2 is 2.12 bits per heavy atom. The van der Waals surface area contributed by atoms with Crippen molar-refractivity contribution < 1.29 is 19.4 Å². The van der Waals surface area contributed by atoms with Crippen LogP contribution in [-0.2, 0) is 9.53 Å². The summed E-state index contributed by atoms with van der Waals surface area (Å²) >= 11 is 0. The maximum Gasteiger partial charge on any atom is 0.410 e. The van der Waals surface area contributed by atoms with E-state index < -0.39 is 23.7 Å². The SMILES string of the molecule is CC(C)(C)OC(=O)N1CCN(c2nc3ncccc3[nH]2)[C@@H](C(=O)O)C1. The number of rotatable bonds is 2.